The van der Waals surface area contributed by atoms with Gasteiger partial charge in [0.1, 0.15) is 17.3 Å². The van der Waals surface area contributed by atoms with E-state index in [1.54, 1.807) is 56.7 Å². The summed E-state index contributed by atoms with van der Waals surface area (Å²) in [7, 11) is 3.13. The number of aryl methyl sites for hydroxylation is 2. The van der Waals surface area contributed by atoms with Crippen LogP contribution in [-0.4, -0.2) is 36.0 Å². The van der Waals surface area contributed by atoms with Gasteiger partial charge in [-0.2, -0.15) is 0 Å². The summed E-state index contributed by atoms with van der Waals surface area (Å²) >= 11 is 1.33. The van der Waals surface area contributed by atoms with Gasteiger partial charge in [0.25, 0.3) is 5.78 Å². The zero-order valence-corrected chi connectivity index (χ0v) is 21.1. The zero-order chi connectivity index (χ0) is 25.6. The van der Waals surface area contributed by atoms with Crippen molar-refractivity contribution in [2.45, 2.75) is 19.9 Å². The highest BCUT2D eigenvalue weighted by atomic mass is 32.1. The van der Waals surface area contributed by atoms with Crippen molar-refractivity contribution in [3.8, 4) is 11.5 Å². The number of anilines is 1. The normalized spacial score (nSPS) is 17.1. The Hall–Kier alpha value is -4.17. The largest absolute Gasteiger partial charge is 0.507 e. The Morgan fingerprint density at radius 3 is 2.39 bits per heavy atom. The fourth-order valence-corrected chi connectivity index (χ4v) is 5.53. The molecule has 182 valence electrons. The van der Waals surface area contributed by atoms with Crippen LogP contribution in [-0.2, 0) is 9.59 Å². The van der Waals surface area contributed by atoms with Crippen LogP contribution in [0.5, 0.6) is 11.5 Å². The number of amides is 1. The average Bonchev–Trinajstić information content (AvgIpc) is 3.41. The molecule has 1 atom stereocenters. The molecule has 0 spiro atoms. The Balaban J connectivity index is 1.71. The molecule has 0 aliphatic carbocycles. The summed E-state index contributed by atoms with van der Waals surface area (Å²) in [6, 6.07) is 17.2. The Kier molecular flexibility index (Phi) is 5.97. The molecular formula is C28H24N2O5S. The summed E-state index contributed by atoms with van der Waals surface area (Å²) < 4.78 is 11.5. The van der Waals surface area contributed by atoms with E-state index in [-0.39, 0.29) is 11.3 Å². The van der Waals surface area contributed by atoms with E-state index in [1.165, 1.54) is 16.2 Å². The number of ether oxygens (including phenoxy) is 2. The Labute approximate surface area is 212 Å². The Morgan fingerprint density at radius 1 is 0.972 bits per heavy atom. The summed E-state index contributed by atoms with van der Waals surface area (Å²) in [6.45, 7) is 3.83. The van der Waals surface area contributed by atoms with Crippen LogP contribution in [0.4, 0.5) is 5.13 Å². The minimum atomic E-state index is -0.861. The quantitative estimate of drug-likeness (QED) is 0.219. The predicted octanol–water partition coefficient (Wildman–Crippen LogP) is 5.56. The van der Waals surface area contributed by atoms with Crippen molar-refractivity contribution in [1.29, 1.82) is 0 Å². The Morgan fingerprint density at radius 2 is 1.72 bits per heavy atom. The molecule has 0 radical (unpaired) electrons. The van der Waals surface area contributed by atoms with Crippen LogP contribution in [0, 0.1) is 13.8 Å². The molecule has 1 aliphatic rings. The molecule has 2 heterocycles. The first kappa shape index (κ1) is 23.6. The number of aliphatic hydroxyl groups is 1. The number of benzene rings is 3. The standard InChI is InChI=1S/C28H24N2O5S/c1-15-5-11-20-22(13-15)36-28(29-20)30-24(17-6-9-19(34-3)10-7-17)23(26(32)27(30)33)25(31)18-8-12-21(35-4)16(2)14-18/h5-14,24,31H,1-4H3/b25-23+. The van der Waals surface area contributed by atoms with Gasteiger partial charge in [0.15, 0.2) is 5.13 Å². The average molecular weight is 501 g/mol. The highest BCUT2D eigenvalue weighted by Crippen LogP contribution is 2.44. The maximum absolute atomic E-state index is 13.4. The highest BCUT2D eigenvalue weighted by molar-refractivity contribution is 7.22. The molecule has 8 heteroatoms. The van der Waals surface area contributed by atoms with Crippen LogP contribution in [0.15, 0.2) is 66.2 Å². The van der Waals surface area contributed by atoms with Crippen LogP contribution < -0.4 is 14.4 Å². The van der Waals surface area contributed by atoms with Gasteiger partial charge >= 0.3 is 5.91 Å². The number of hydrogen-bond donors (Lipinski definition) is 1. The number of aromatic nitrogens is 1. The Bertz CT molecular complexity index is 1540. The minimum Gasteiger partial charge on any atom is -0.507 e. The fourth-order valence-electron chi connectivity index (χ4n) is 4.44. The summed E-state index contributed by atoms with van der Waals surface area (Å²) in [5.41, 5.74) is 3.67. The first-order chi connectivity index (χ1) is 17.3. The van der Waals surface area contributed by atoms with Gasteiger partial charge in [0.05, 0.1) is 36.1 Å². The van der Waals surface area contributed by atoms with Gasteiger partial charge in [-0.1, -0.05) is 29.5 Å². The summed E-state index contributed by atoms with van der Waals surface area (Å²) in [4.78, 5) is 32.9. The maximum Gasteiger partial charge on any atom is 0.301 e. The number of carbonyl (C=O) groups excluding carboxylic acids is 2. The van der Waals surface area contributed by atoms with Crippen molar-refractivity contribution in [2.75, 3.05) is 19.1 Å². The first-order valence-electron chi connectivity index (χ1n) is 11.3. The van der Waals surface area contributed by atoms with Gasteiger partial charge in [0, 0.05) is 5.56 Å². The van der Waals surface area contributed by atoms with E-state index in [9.17, 15) is 14.7 Å². The molecule has 1 amide bonds. The lowest BCUT2D eigenvalue weighted by atomic mass is 9.95. The van der Waals surface area contributed by atoms with Gasteiger partial charge in [0.2, 0.25) is 0 Å². The van der Waals surface area contributed by atoms with Crippen molar-refractivity contribution >= 4 is 44.1 Å². The number of carbonyl (C=O) groups is 2. The van der Waals surface area contributed by atoms with E-state index in [4.69, 9.17) is 9.47 Å². The van der Waals surface area contributed by atoms with Crippen LogP contribution in [0.2, 0.25) is 0 Å². The highest BCUT2D eigenvalue weighted by Gasteiger charge is 2.48. The van der Waals surface area contributed by atoms with Gasteiger partial charge in [-0.05, 0) is 73.0 Å². The molecule has 0 bridgehead atoms. The van der Waals surface area contributed by atoms with Crippen molar-refractivity contribution in [1.82, 2.24) is 4.98 Å². The maximum atomic E-state index is 13.4. The molecule has 1 fully saturated rings. The van der Waals surface area contributed by atoms with Gasteiger partial charge < -0.3 is 14.6 Å². The molecule has 3 aromatic carbocycles. The molecule has 36 heavy (non-hydrogen) atoms. The summed E-state index contributed by atoms with van der Waals surface area (Å²) in [6.07, 6.45) is 0. The number of thiazole rings is 1. The third-order valence-electron chi connectivity index (χ3n) is 6.28. The molecule has 1 N–H and O–H groups in total. The van der Waals surface area contributed by atoms with Gasteiger partial charge in [-0.3, -0.25) is 14.5 Å². The summed E-state index contributed by atoms with van der Waals surface area (Å²) in [5.74, 6) is -0.463. The van der Waals surface area contributed by atoms with Crippen LogP contribution in [0.1, 0.15) is 28.3 Å². The topological polar surface area (TPSA) is 89.0 Å². The number of Topliss-reactive ketones (excluding diaryl/α,β-unsaturated/α-hetero) is 1. The van der Waals surface area contributed by atoms with Crippen molar-refractivity contribution in [2.24, 2.45) is 0 Å². The lowest BCUT2D eigenvalue weighted by molar-refractivity contribution is -0.132. The number of methoxy groups -OCH3 is 2. The second kappa shape index (κ2) is 9.13. The molecule has 1 unspecified atom stereocenters. The van der Waals surface area contributed by atoms with Gasteiger partial charge in [-0.15, -0.1) is 0 Å². The van der Waals surface area contributed by atoms with Crippen molar-refractivity contribution in [3.05, 3.63) is 88.5 Å². The van der Waals surface area contributed by atoms with Crippen molar-refractivity contribution in [3.63, 3.8) is 0 Å². The third kappa shape index (κ3) is 3.89. The predicted molar refractivity (Wildman–Crippen MR) is 140 cm³/mol. The van der Waals surface area contributed by atoms with E-state index >= 15 is 0 Å². The third-order valence-corrected chi connectivity index (χ3v) is 7.30. The molecule has 1 saturated heterocycles. The SMILES string of the molecule is COc1ccc(C2/C(=C(\O)c3ccc(OC)c(C)c3)C(=O)C(=O)N2c2nc3ccc(C)cc3s2)cc1. The van der Waals surface area contributed by atoms with E-state index in [0.29, 0.717) is 27.8 Å². The minimum absolute atomic E-state index is 0.00479. The number of ketones is 1. The second-order valence-corrected chi connectivity index (χ2v) is 9.60. The molecule has 0 saturated carbocycles. The second-order valence-electron chi connectivity index (χ2n) is 8.59. The monoisotopic (exact) mass is 500 g/mol. The molecule has 1 aliphatic heterocycles. The molecular weight excluding hydrogens is 476 g/mol. The lowest BCUT2D eigenvalue weighted by Crippen LogP contribution is -2.29. The summed E-state index contributed by atoms with van der Waals surface area (Å²) in [5, 5.41) is 11.8. The van der Waals surface area contributed by atoms with Crippen molar-refractivity contribution < 1.29 is 24.2 Å². The number of fused-ring (bicyclic) bond motifs is 1. The number of hydrogen-bond acceptors (Lipinski definition) is 7. The van der Waals surface area contributed by atoms with E-state index in [0.717, 1.165) is 21.3 Å². The number of nitrogens with zero attached hydrogens (tertiary/aromatic N) is 2. The zero-order valence-electron chi connectivity index (χ0n) is 20.2. The van der Waals surface area contributed by atoms with Crippen LogP contribution in [0.3, 0.4) is 0 Å². The van der Waals surface area contributed by atoms with E-state index < -0.39 is 17.7 Å². The smallest absolute Gasteiger partial charge is 0.301 e. The molecule has 5 rings (SSSR count). The number of aliphatic hydroxyl groups excluding tert-OH is 1. The first-order valence-corrected chi connectivity index (χ1v) is 12.1. The van der Waals surface area contributed by atoms with Crippen LogP contribution >= 0.6 is 11.3 Å². The molecule has 1 aromatic heterocycles. The van der Waals surface area contributed by atoms with Crippen LogP contribution in [0.25, 0.3) is 16.0 Å². The number of rotatable bonds is 5. The van der Waals surface area contributed by atoms with Gasteiger partial charge in [-0.25, -0.2) is 4.98 Å². The molecule has 4 aromatic rings. The fraction of sp³-hybridized carbons (Fsp3) is 0.179. The lowest BCUT2D eigenvalue weighted by Gasteiger charge is -2.23. The molecule has 7 nitrogen and oxygen atoms in total. The van der Waals surface area contributed by atoms with E-state index in [2.05, 4.69) is 4.98 Å². The van der Waals surface area contributed by atoms with E-state index in [1.807, 2.05) is 32.0 Å².